The third-order valence-electron chi connectivity index (χ3n) is 0.345. The van der Waals surface area contributed by atoms with Crippen molar-refractivity contribution in [2.24, 2.45) is 0 Å². The maximum Gasteiger partial charge on any atom is 0.423 e. The van der Waals surface area contributed by atoms with Gasteiger partial charge in [0.05, 0.1) is 4.99 Å². The number of carboxylic acid groups (broad SMARTS) is 1. The highest BCUT2D eigenvalue weighted by Gasteiger charge is 1.88. The van der Waals surface area contributed by atoms with Gasteiger partial charge in [-0.05, 0) is 6.92 Å². The molecule has 0 aliphatic rings. The molecule has 0 spiro atoms. The minimum Gasteiger partial charge on any atom is -0.464 e. The van der Waals surface area contributed by atoms with Crippen LogP contribution in [0, 0.1) is 0 Å². The fraction of sp³-hybridized carbons (Fsp3) is 0.333. The van der Waals surface area contributed by atoms with E-state index in [-0.39, 0.29) is 0 Å². The van der Waals surface area contributed by atoms with E-state index >= 15 is 0 Å². The third-order valence-corrected chi connectivity index (χ3v) is 0.448. The van der Waals surface area contributed by atoms with Gasteiger partial charge < -0.3 is 5.11 Å². The zero-order chi connectivity index (χ0) is 6.57. The highest BCUT2D eigenvalue weighted by molar-refractivity contribution is 7.80. The number of amides is 1. The summed E-state index contributed by atoms with van der Waals surface area (Å²) in [5.41, 5.74) is 4.10. The zero-order valence-corrected chi connectivity index (χ0v) is 5.08. The summed E-state index contributed by atoms with van der Waals surface area (Å²) in [6.07, 6.45) is -1.14. The first-order chi connectivity index (χ1) is 3.63. The van der Waals surface area contributed by atoms with Crippen LogP contribution in [0.3, 0.4) is 0 Å². The number of carbonyl (C=O) groups is 1. The lowest BCUT2D eigenvalue weighted by Crippen LogP contribution is -2.38. The monoisotopic (exact) mass is 134 g/mol. The summed E-state index contributed by atoms with van der Waals surface area (Å²) in [6.45, 7) is 1.57. The largest absolute Gasteiger partial charge is 0.464 e. The zero-order valence-electron chi connectivity index (χ0n) is 4.26. The van der Waals surface area contributed by atoms with Gasteiger partial charge in [-0.25, -0.2) is 10.2 Å². The number of nitrogens with one attached hydrogen (secondary N) is 2. The molecule has 0 bridgehead atoms. The van der Waals surface area contributed by atoms with Crippen LogP contribution in [0.15, 0.2) is 0 Å². The molecule has 1 amide bonds. The van der Waals surface area contributed by atoms with E-state index < -0.39 is 6.09 Å². The van der Waals surface area contributed by atoms with Gasteiger partial charge in [0.1, 0.15) is 0 Å². The molecule has 5 heteroatoms. The molecule has 0 aliphatic carbocycles. The van der Waals surface area contributed by atoms with Crippen LogP contribution in [0.25, 0.3) is 0 Å². The second-order valence-corrected chi connectivity index (χ2v) is 1.72. The molecule has 0 aliphatic heterocycles. The molecular weight excluding hydrogens is 128 g/mol. The highest BCUT2D eigenvalue weighted by atomic mass is 32.1. The van der Waals surface area contributed by atoms with Gasteiger partial charge in [0.2, 0.25) is 0 Å². The van der Waals surface area contributed by atoms with Crippen molar-refractivity contribution < 1.29 is 9.90 Å². The molecule has 4 nitrogen and oxygen atoms in total. The van der Waals surface area contributed by atoms with E-state index in [0.29, 0.717) is 4.99 Å². The smallest absolute Gasteiger partial charge is 0.423 e. The predicted molar refractivity (Wildman–Crippen MR) is 32.6 cm³/mol. The predicted octanol–water partition coefficient (Wildman–Crippen LogP) is 0.106. The molecule has 0 atom stereocenters. The van der Waals surface area contributed by atoms with E-state index in [4.69, 9.17) is 5.11 Å². The van der Waals surface area contributed by atoms with Gasteiger partial charge in [0.15, 0.2) is 0 Å². The number of hydrogen-bond donors (Lipinski definition) is 3. The summed E-state index contributed by atoms with van der Waals surface area (Å²) in [4.78, 5) is 10.1. The van der Waals surface area contributed by atoms with E-state index in [0.717, 1.165) is 0 Å². The van der Waals surface area contributed by atoms with Crippen LogP contribution in [-0.2, 0) is 0 Å². The Balaban J connectivity index is 3.18. The van der Waals surface area contributed by atoms with Crippen molar-refractivity contribution in [1.82, 2.24) is 10.9 Å². The van der Waals surface area contributed by atoms with Gasteiger partial charge in [-0.15, -0.1) is 0 Å². The lowest BCUT2D eigenvalue weighted by atomic mass is 10.8. The van der Waals surface area contributed by atoms with Gasteiger partial charge >= 0.3 is 6.09 Å². The van der Waals surface area contributed by atoms with Crippen molar-refractivity contribution in [3.05, 3.63) is 0 Å². The molecule has 0 heterocycles. The van der Waals surface area contributed by atoms with Crippen LogP contribution in [0.2, 0.25) is 0 Å². The van der Waals surface area contributed by atoms with E-state index in [9.17, 15) is 4.79 Å². The third kappa shape index (κ3) is 5.16. The molecule has 0 unspecified atom stereocenters. The van der Waals surface area contributed by atoms with Crippen LogP contribution in [0.4, 0.5) is 4.79 Å². The molecule has 0 radical (unpaired) electrons. The van der Waals surface area contributed by atoms with Crippen molar-refractivity contribution >= 4 is 23.3 Å². The molecule has 0 aromatic carbocycles. The van der Waals surface area contributed by atoms with Crippen LogP contribution >= 0.6 is 12.2 Å². The van der Waals surface area contributed by atoms with Crippen LogP contribution in [0.5, 0.6) is 0 Å². The Labute approximate surface area is 51.9 Å². The summed E-state index contributed by atoms with van der Waals surface area (Å²) in [5.74, 6) is 0. The molecule has 0 rings (SSSR count). The summed E-state index contributed by atoms with van der Waals surface area (Å²) in [7, 11) is 0. The van der Waals surface area contributed by atoms with Crippen molar-refractivity contribution in [3.8, 4) is 0 Å². The molecule has 3 N–H and O–H groups in total. The summed E-state index contributed by atoms with van der Waals surface area (Å²) < 4.78 is 0. The average Bonchev–Trinajstić information content (AvgIpc) is 1.61. The van der Waals surface area contributed by atoms with Gasteiger partial charge in [-0.2, -0.15) is 0 Å². The normalized spacial score (nSPS) is 7.62. The summed E-state index contributed by atoms with van der Waals surface area (Å²) >= 11 is 4.48. The lowest BCUT2D eigenvalue weighted by molar-refractivity contribution is 0.192. The first-order valence-corrected chi connectivity index (χ1v) is 2.29. The van der Waals surface area contributed by atoms with E-state index in [2.05, 4.69) is 17.6 Å². The maximum absolute atomic E-state index is 9.67. The van der Waals surface area contributed by atoms with Crippen molar-refractivity contribution in [2.45, 2.75) is 6.92 Å². The minimum absolute atomic E-state index is 0.396. The minimum atomic E-state index is -1.14. The van der Waals surface area contributed by atoms with E-state index in [1.165, 1.54) is 0 Å². The number of rotatable bonds is 0. The molecule has 0 saturated heterocycles. The highest BCUT2D eigenvalue weighted by Crippen LogP contribution is 1.61. The average molecular weight is 134 g/mol. The standard InChI is InChI=1S/C3H6N2O2S/c1-2(8)4-5-3(6)7/h5H,1H3,(H,4,8)(H,6,7). The van der Waals surface area contributed by atoms with Gasteiger partial charge in [-0.1, -0.05) is 12.2 Å². The topological polar surface area (TPSA) is 61.4 Å². The van der Waals surface area contributed by atoms with Crippen molar-refractivity contribution in [3.63, 3.8) is 0 Å². The Bertz CT molecular complexity index is 99.9. The summed E-state index contributed by atoms with van der Waals surface area (Å²) in [5, 5.41) is 7.93. The Morgan fingerprint density at radius 3 is 2.25 bits per heavy atom. The number of thiocarbonyl (C=S) groups is 1. The number of hydrazine groups is 1. The molecular formula is C3H6N2O2S. The van der Waals surface area contributed by atoms with Gasteiger partial charge in [0.25, 0.3) is 0 Å². The molecule has 0 aromatic rings. The van der Waals surface area contributed by atoms with Crippen molar-refractivity contribution in [2.75, 3.05) is 0 Å². The SMILES string of the molecule is CC(=S)NNC(=O)O. The summed E-state index contributed by atoms with van der Waals surface area (Å²) in [6, 6.07) is 0. The quantitative estimate of drug-likeness (QED) is 0.325. The first kappa shape index (κ1) is 7.16. The maximum atomic E-state index is 9.67. The second-order valence-electron chi connectivity index (χ2n) is 1.11. The molecule has 0 saturated carbocycles. The molecule has 46 valence electrons. The van der Waals surface area contributed by atoms with Crippen LogP contribution < -0.4 is 10.9 Å². The second kappa shape index (κ2) is 3.20. The van der Waals surface area contributed by atoms with Gasteiger partial charge in [-0.3, -0.25) is 5.43 Å². The fourth-order valence-corrected chi connectivity index (χ4v) is 0.193. The molecule has 8 heavy (non-hydrogen) atoms. The number of hydrogen-bond acceptors (Lipinski definition) is 2. The molecule has 0 fully saturated rings. The van der Waals surface area contributed by atoms with E-state index in [1.54, 1.807) is 6.92 Å². The fourth-order valence-electron chi connectivity index (χ4n) is 0.141. The van der Waals surface area contributed by atoms with Crippen molar-refractivity contribution in [1.29, 1.82) is 0 Å². The lowest BCUT2D eigenvalue weighted by Gasteiger charge is -1.99. The van der Waals surface area contributed by atoms with E-state index in [1.807, 2.05) is 5.43 Å². The Hall–Kier alpha value is -0.840. The van der Waals surface area contributed by atoms with Crippen LogP contribution in [-0.4, -0.2) is 16.2 Å². The van der Waals surface area contributed by atoms with Gasteiger partial charge in [0, 0.05) is 0 Å². The molecule has 0 aromatic heterocycles. The Morgan fingerprint density at radius 2 is 2.12 bits per heavy atom. The van der Waals surface area contributed by atoms with Crippen LogP contribution in [0.1, 0.15) is 6.92 Å². The Kier molecular flexibility index (Phi) is 2.86. The Morgan fingerprint density at radius 1 is 1.62 bits per heavy atom. The first-order valence-electron chi connectivity index (χ1n) is 1.88.